The van der Waals surface area contributed by atoms with Gasteiger partial charge in [-0.1, -0.05) is 30.3 Å². The largest absolute Gasteiger partial charge is 0.497 e. The fourth-order valence-corrected chi connectivity index (χ4v) is 3.98. The van der Waals surface area contributed by atoms with Gasteiger partial charge in [0.05, 0.1) is 31.8 Å². The smallest absolute Gasteiger partial charge is 0.356 e. The number of carbonyl (C=O) groups is 2. The molecule has 0 aliphatic rings. The molecule has 1 amide bonds. The number of ether oxygens (including phenoxy) is 2. The van der Waals surface area contributed by atoms with E-state index in [9.17, 15) is 14.0 Å². The number of pyridine rings is 1. The molecule has 0 atom stereocenters. The molecule has 0 aliphatic heterocycles. The van der Waals surface area contributed by atoms with Crippen molar-refractivity contribution in [3.05, 3.63) is 83.4 Å². The van der Waals surface area contributed by atoms with Gasteiger partial charge in [0.1, 0.15) is 17.2 Å². The van der Waals surface area contributed by atoms with Crippen LogP contribution in [0.2, 0.25) is 0 Å². The number of benzene rings is 2. The third kappa shape index (κ3) is 5.30. The normalized spacial score (nSPS) is 10.8. The van der Waals surface area contributed by atoms with Crippen molar-refractivity contribution in [3.8, 4) is 5.75 Å². The molecule has 4 aromatic rings. The van der Waals surface area contributed by atoms with E-state index in [0.29, 0.717) is 40.1 Å². The zero-order chi connectivity index (χ0) is 25.7. The van der Waals surface area contributed by atoms with E-state index < -0.39 is 5.97 Å². The lowest BCUT2D eigenvalue weighted by atomic mass is 10.1. The predicted octanol–water partition coefficient (Wildman–Crippen LogP) is 4.69. The van der Waals surface area contributed by atoms with Gasteiger partial charge in [-0.05, 0) is 36.2 Å². The van der Waals surface area contributed by atoms with Crippen LogP contribution < -0.4 is 15.4 Å². The Hall–Kier alpha value is -4.40. The number of halogens is 1. The molecule has 9 heteroatoms. The highest BCUT2D eigenvalue weighted by atomic mass is 19.1. The molecule has 0 saturated heterocycles. The van der Waals surface area contributed by atoms with E-state index >= 15 is 0 Å². The molecule has 2 aromatic heterocycles. The van der Waals surface area contributed by atoms with Gasteiger partial charge in [-0.2, -0.15) is 0 Å². The molecule has 0 fully saturated rings. The van der Waals surface area contributed by atoms with Gasteiger partial charge in [0, 0.05) is 31.0 Å². The summed E-state index contributed by atoms with van der Waals surface area (Å²) in [6, 6.07) is 16.0. The van der Waals surface area contributed by atoms with Crippen LogP contribution in [0.5, 0.6) is 5.75 Å². The highest BCUT2D eigenvalue weighted by Gasteiger charge is 2.24. The minimum absolute atomic E-state index is 0.184. The number of amides is 1. The van der Waals surface area contributed by atoms with Crippen LogP contribution in [-0.2, 0) is 29.5 Å². The van der Waals surface area contributed by atoms with Gasteiger partial charge >= 0.3 is 5.97 Å². The summed E-state index contributed by atoms with van der Waals surface area (Å²) < 4.78 is 26.0. The van der Waals surface area contributed by atoms with Gasteiger partial charge in [-0.3, -0.25) is 4.79 Å². The van der Waals surface area contributed by atoms with E-state index in [0.717, 1.165) is 5.56 Å². The Bertz CT molecular complexity index is 1400. The number of nitrogens with one attached hydrogen (secondary N) is 2. The maximum absolute atomic E-state index is 14.2. The Morgan fingerprint density at radius 3 is 2.58 bits per heavy atom. The Morgan fingerprint density at radius 1 is 1.08 bits per heavy atom. The number of anilines is 2. The molecule has 0 bridgehead atoms. The number of fused-ring (bicyclic) bond motifs is 1. The zero-order valence-electron chi connectivity index (χ0n) is 20.3. The number of carbonyl (C=O) groups excluding carboxylic acids is 2. The van der Waals surface area contributed by atoms with Crippen molar-refractivity contribution in [1.82, 2.24) is 9.55 Å². The van der Waals surface area contributed by atoms with Crippen LogP contribution in [0.25, 0.3) is 11.0 Å². The summed E-state index contributed by atoms with van der Waals surface area (Å²) in [6.07, 6.45) is 2.38. The van der Waals surface area contributed by atoms with Gasteiger partial charge < -0.3 is 24.7 Å². The van der Waals surface area contributed by atoms with E-state index in [1.807, 2.05) is 30.3 Å². The van der Waals surface area contributed by atoms with E-state index in [1.54, 1.807) is 36.0 Å². The number of methoxy groups -OCH3 is 2. The highest BCUT2D eigenvalue weighted by molar-refractivity contribution is 6.11. The predicted molar refractivity (Wildman–Crippen MR) is 136 cm³/mol. The van der Waals surface area contributed by atoms with E-state index in [2.05, 4.69) is 15.6 Å². The van der Waals surface area contributed by atoms with Crippen molar-refractivity contribution in [2.75, 3.05) is 24.9 Å². The third-order valence-corrected chi connectivity index (χ3v) is 5.89. The van der Waals surface area contributed by atoms with Crippen LogP contribution in [0.1, 0.15) is 28.0 Å². The van der Waals surface area contributed by atoms with Gasteiger partial charge in [0.2, 0.25) is 5.91 Å². The molecular weight excluding hydrogens is 463 g/mol. The lowest BCUT2D eigenvalue weighted by molar-refractivity contribution is -0.116. The first-order valence-electron chi connectivity index (χ1n) is 11.4. The van der Waals surface area contributed by atoms with Crippen molar-refractivity contribution in [1.29, 1.82) is 0 Å². The lowest BCUT2D eigenvalue weighted by Gasteiger charge is -2.10. The maximum Gasteiger partial charge on any atom is 0.356 e. The summed E-state index contributed by atoms with van der Waals surface area (Å²) >= 11 is 0. The van der Waals surface area contributed by atoms with Crippen molar-refractivity contribution in [3.63, 3.8) is 0 Å². The van der Waals surface area contributed by atoms with Gasteiger partial charge in [0.25, 0.3) is 0 Å². The summed E-state index contributed by atoms with van der Waals surface area (Å²) in [6.45, 7) is 0.186. The molecule has 2 heterocycles. The quantitative estimate of drug-likeness (QED) is 0.331. The number of hydrogen-bond donors (Lipinski definition) is 2. The van der Waals surface area contributed by atoms with E-state index in [1.165, 1.54) is 20.3 Å². The second kappa shape index (κ2) is 10.9. The molecule has 2 N–H and O–H groups in total. The average molecular weight is 491 g/mol. The van der Waals surface area contributed by atoms with Crippen LogP contribution in [0.4, 0.5) is 15.8 Å². The summed E-state index contributed by atoms with van der Waals surface area (Å²) in [5.74, 6) is -0.653. The van der Waals surface area contributed by atoms with Gasteiger partial charge in [-0.15, -0.1) is 0 Å². The molecule has 8 nitrogen and oxygen atoms in total. The molecular formula is C27H27FN4O4. The van der Waals surface area contributed by atoms with Crippen molar-refractivity contribution >= 4 is 34.3 Å². The Kier molecular flexibility index (Phi) is 7.48. The van der Waals surface area contributed by atoms with Crippen LogP contribution in [-0.4, -0.2) is 35.6 Å². The van der Waals surface area contributed by atoms with Crippen LogP contribution in [0.3, 0.4) is 0 Å². The fourth-order valence-electron chi connectivity index (χ4n) is 3.98. The molecule has 4 rings (SSSR count). The van der Waals surface area contributed by atoms with Crippen LogP contribution in [0, 0.1) is 5.82 Å². The number of hydrogen-bond acceptors (Lipinski definition) is 6. The Labute approximate surface area is 208 Å². The van der Waals surface area contributed by atoms with Crippen molar-refractivity contribution in [2.45, 2.75) is 19.4 Å². The molecule has 2 aromatic carbocycles. The fraction of sp³-hybridized carbons (Fsp3) is 0.222. The molecule has 0 spiro atoms. The molecule has 36 heavy (non-hydrogen) atoms. The second-order valence-corrected chi connectivity index (χ2v) is 8.21. The van der Waals surface area contributed by atoms with Gasteiger partial charge in [-0.25, -0.2) is 14.2 Å². The molecule has 0 saturated carbocycles. The van der Waals surface area contributed by atoms with Crippen molar-refractivity contribution < 1.29 is 23.5 Å². The number of esters is 1. The highest BCUT2D eigenvalue weighted by Crippen LogP contribution is 2.32. The monoisotopic (exact) mass is 490 g/mol. The van der Waals surface area contributed by atoms with Crippen LogP contribution in [0.15, 0.2) is 60.8 Å². The second-order valence-electron chi connectivity index (χ2n) is 8.21. The SMILES string of the molecule is COC(=O)c1c(NC(=O)CCc2ccccc2)c2cc(NCc3cc(OC)ccc3F)cnc2n1C. The minimum atomic E-state index is -0.596. The molecule has 0 aliphatic carbocycles. The lowest BCUT2D eigenvalue weighted by Crippen LogP contribution is -2.16. The molecule has 0 unspecified atom stereocenters. The third-order valence-electron chi connectivity index (χ3n) is 5.89. The Morgan fingerprint density at radius 2 is 1.86 bits per heavy atom. The first-order chi connectivity index (χ1) is 17.4. The van der Waals surface area contributed by atoms with E-state index in [-0.39, 0.29) is 30.4 Å². The Balaban J connectivity index is 1.61. The van der Waals surface area contributed by atoms with E-state index in [4.69, 9.17) is 9.47 Å². The molecule has 0 radical (unpaired) electrons. The first kappa shape index (κ1) is 24.7. The summed E-state index contributed by atoms with van der Waals surface area (Å²) in [5, 5.41) is 6.59. The number of nitrogens with zero attached hydrogens (tertiary/aromatic N) is 2. The summed E-state index contributed by atoms with van der Waals surface area (Å²) in [7, 11) is 4.48. The zero-order valence-corrected chi connectivity index (χ0v) is 20.3. The first-order valence-corrected chi connectivity index (χ1v) is 11.4. The topological polar surface area (TPSA) is 94.5 Å². The van der Waals surface area contributed by atoms with Crippen LogP contribution >= 0.6 is 0 Å². The summed E-state index contributed by atoms with van der Waals surface area (Å²) in [4.78, 5) is 29.9. The average Bonchev–Trinajstić information content (AvgIpc) is 3.17. The summed E-state index contributed by atoms with van der Waals surface area (Å²) in [5.41, 5.74) is 3.05. The minimum Gasteiger partial charge on any atom is -0.497 e. The van der Waals surface area contributed by atoms with Gasteiger partial charge in [0.15, 0.2) is 5.69 Å². The number of aromatic nitrogens is 2. The standard InChI is InChI=1S/C27H27FN4O4/c1-32-25(27(34)36-3)24(31-23(33)12-9-17-7-5-4-6-8-17)21-14-19(16-30-26(21)32)29-15-18-13-20(35-2)10-11-22(18)28/h4-8,10-11,13-14,16,29H,9,12,15H2,1-3H3,(H,31,33). The van der Waals surface area contributed by atoms with Crippen molar-refractivity contribution in [2.24, 2.45) is 7.05 Å². The number of rotatable bonds is 9. The molecule has 186 valence electrons. The maximum atomic E-state index is 14.2. The number of aryl methyl sites for hydroxylation is 2.